The molecule has 0 aromatic heterocycles. The van der Waals surface area contributed by atoms with E-state index in [4.69, 9.17) is 5.73 Å². The molecule has 2 nitrogen and oxygen atoms in total. The number of hydrogen-bond donors (Lipinski definition) is 1. The van der Waals surface area contributed by atoms with Crippen LogP contribution in [-0.4, -0.2) is 17.5 Å². The smallest absolute Gasteiger partial charge is 0.0372 e. The van der Waals surface area contributed by atoms with Crippen molar-refractivity contribution in [1.29, 1.82) is 0 Å². The zero-order chi connectivity index (χ0) is 12.8. The van der Waals surface area contributed by atoms with Crippen molar-refractivity contribution in [2.45, 2.75) is 56.7 Å². The molecule has 1 saturated carbocycles. The van der Waals surface area contributed by atoms with Gasteiger partial charge in [0.05, 0.1) is 0 Å². The quantitative estimate of drug-likeness (QED) is 0.834. The molecular formula is C17H24N2. The van der Waals surface area contributed by atoms with Crippen LogP contribution in [0.1, 0.15) is 61.7 Å². The Kier molecular flexibility index (Phi) is 2.89. The number of rotatable bonds is 1. The van der Waals surface area contributed by atoms with Crippen molar-refractivity contribution in [3.05, 3.63) is 35.4 Å². The summed E-state index contributed by atoms with van der Waals surface area (Å²) in [5.41, 5.74) is 9.26. The molecule has 1 aliphatic heterocycles. The zero-order valence-corrected chi connectivity index (χ0v) is 11.6. The summed E-state index contributed by atoms with van der Waals surface area (Å²) in [5.74, 6) is 0.970. The highest BCUT2D eigenvalue weighted by Crippen LogP contribution is 2.47. The van der Waals surface area contributed by atoms with Crippen molar-refractivity contribution in [1.82, 2.24) is 4.90 Å². The lowest BCUT2D eigenvalue weighted by Gasteiger charge is -2.36. The van der Waals surface area contributed by atoms with Crippen LogP contribution in [0.25, 0.3) is 0 Å². The van der Waals surface area contributed by atoms with E-state index in [0.717, 1.165) is 18.4 Å². The molecule has 0 radical (unpaired) electrons. The lowest BCUT2D eigenvalue weighted by molar-refractivity contribution is 0.129. The Balaban J connectivity index is 1.64. The van der Waals surface area contributed by atoms with Gasteiger partial charge < -0.3 is 5.73 Å². The van der Waals surface area contributed by atoms with Gasteiger partial charge in [0.1, 0.15) is 0 Å². The van der Waals surface area contributed by atoms with E-state index in [-0.39, 0.29) is 6.04 Å². The third kappa shape index (κ3) is 1.85. The second kappa shape index (κ2) is 4.60. The highest BCUT2D eigenvalue weighted by molar-refractivity contribution is 5.37. The first-order valence-electron chi connectivity index (χ1n) is 7.95. The van der Waals surface area contributed by atoms with E-state index in [1.807, 2.05) is 0 Å². The highest BCUT2D eigenvalue weighted by Gasteiger charge is 2.42. The van der Waals surface area contributed by atoms with Crippen molar-refractivity contribution in [3.8, 4) is 0 Å². The SMILES string of the molecule is NC1CC(N2CCC3CCCCC32)c2ccccc21. The molecule has 1 heterocycles. The minimum atomic E-state index is 0.254. The van der Waals surface area contributed by atoms with E-state index in [0.29, 0.717) is 6.04 Å². The van der Waals surface area contributed by atoms with Crippen LogP contribution in [0.3, 0.4) is 0 Å². The second-order valence-electron chi connectivity index (χ2n) is 6.63. The molecule has 4 atom stereocenters. The molecule has 3 aliphatic rings. The molecule has 2 N–H and O–H groups in total. The topological polar surface area (TPSA) is 29.3 Å². The van der Waals surface area contributed by atoms with Crippen molar-refractivity contribution >= 4 is 0 Å². The van der Waals surface area contributed by atoms with E-state index in [2.05, 4.69) is 29.2 Å². The molecule has 2 heteroatoms. The van der Waals surface area contributed by atoms with Gasteiger partial charge in [-0.1, -0.05) is 37.1 Å². The summed E-state index contributed by atoms with van der Waals surface area (Å²) >= 11 is 0. The lowest BCUT2D eigenvalue weighted by Crippen LogP contribution is -2.37. The molecule has 1 aromatic rings. The maximum atomic E-state index is 6.35. The van der Waals surface area contributed by atoms with Crippen molar-refractivity contribution in [3.63, 3.8) is 0 Å². The standard InChI is InChI=1S/C17H24N2/c18-15-11-17(14-7-3-2-6-13(14)15)19-10-9-12-5-1-4-8-16(12)19/h2-3,6-7,12,15-17H,1,4-5,8-11,18H2. The molecule has 1 aromatic carbocycles. The Morgan fingerprint density at radius 2 is 1.79 bits per heavy atom. The van der Waals surface area contributed by atoms with Crippen LogP contribution >= 0.6 is 0 Å². The van der Waals surface area contributed by atoms with Crippen LogP contribution in [-0.2, 0) is 0 Å². The fourth-order valence-electron chi connectivity index (χ4n) is 4.79. The Morgan fingerprint density at radius 3 is 2.68 bits per heavy atom. The zero-order valence-electron chi connectivity index (χ0n) is 11.6. The van der Waals surface area contributed by atoms with Crippen LogP contribution in [0.15, 0.2) is 24.3 Å². The molecule has 0 amide bonds. The Hall–Kier alpha value is -0.860. The molecule has 19 heavy (non-hydrogen) atoms. The maximum absolute atomic E-state index is 6.35. The summed E-state index contributed by atoms with van der Waals surface area (Å²) < 4.78 is 0. The summed E-state index contributed by atoms with van der Waals surface area (Å²) in [5, 5.41) is 0. The van der Waals surface area contributed by atoms with Gasteiger partial charge >= 0.3 is 0 Å². The average Bonchev–Trinajstić information content (AvgIpc) is 3.01. The van der Waals surface area contributed by atoms with Gasteiger partial charge in [0.15, 0.2) is 0 Å². The second-order valence-corrected chi connectivity index (χ2v) is 6.63. The number of likely N-dealkylation sites (tertiary alicyclic amines) is 1. The number of nitrogens with two attached hydrogens (primary N) is 1. The first-order chi connectivity index (χ1) is 9.34. The largest absolute Gasteiger partial charge is 0.324 e. The molecular weight excluding hydrogens is 232 g/mol. The van der Waals surface area contributed by atoms with E-state index in [1.54, 1.807) is 0 Å². The molecule has 2 aliphatic carbocycles. The molecule has 1 saturated heterocycles. The minimum absolute atomic E-state index is 0.254. The average molecular weight is 256 g/mol. The first-order valence-corrected chi connectivity index (χ1v) is 7.95. The predicted octanol–water partition coefficient (Wildman–Crippen LogP) is 3.40. The van der Waals surface area contributed by atoms with Gasteiger partial charge in [-0.2, -0.15) is 0 Å². The number of fused-ring (bicyclic) bond motifs is 2. The van der Waals surface area contributed by atoms with Crippen LogP contribution in [0.4, 0.5) is 0 Å². The van der Waals surface area contributed by atoms with Gasteiger partial charge in [0.2, 0.25) is 0 Å². The third-order valence-electron chi connectivity index (χ3n) is 5.69. The van der Waals surface area contributed by atoms with Crippen molar-refractivity contribution in [2.24, 2.45) is 11.7 Å². The molecule has 0 bridgehead atoms. The van der Waals surface area contributed by atoms with Crippen LogP contribution < -0.4 is 5.73 Å². The van der Waals surface area contributed by atoms with E-state index < -0.39 is 0 Å². The minimum Gasteiger partial charge on any atom is -0.324 e. The highest BCUT2D eigenvalue weighted by atomic mass is 15.2. The summed E-state index contributed by atoms with van der Waals surface area (Å²) in [6.07, 6.45) is 8.30. The lowest BCUT2D eigenvalue weighted by atomic mass is 9.85. The van der Waals surface area contributed by atoms with Gasteiger partial charge in [0, 0.05) is 18.1 Å². The van der Waals surface area contributed by atoms with Crippen LogP contribution in [0, 0.1) is 5.92 Å². The molecule has 0 spiro atoms. The van der Waals surface area contributed by atoms with E-state index >= 15 is 0 Å². The number of nitrogens with zero attached hydrogens (tertiary/aromatic N) is 1. The molecule has 4 unspecified atom stereocenters. The van der Waals surface area contributed by atoms with Gasteiger partial charge in [-0.3, -0.25) is 4.90 Å². The number of hydrogen-bond acceptors (Lipinski definition) is 2. The van der Waals surface area contributed by atoms with Crippen LogP contribution in [0.2, 0.25) is 0 Å². The third-order valence-corrected chi connectivity index (χ3v) is 5.69. The van der Waals surface area contributed by atoms with Crippen LogP contribution in [0.5, 0.6) is 0 Å². The Morgan fingerprint density at radius 1 is 1.00 bits per heavy atom. The molecule has 102 valence electrons. The maximum Gasteiger partial charge on any atom is 0.0372 e. The van der Waals surface area contributed by atoms with E-state index in [1.165, 1.54) is 49.8 Å². The summed E-state index contributed by atoms with van der Waals surface area (Å²) in [6, 6.07) is 10.5. The fraction of sp³-hybridized carbons (Fsp3) is 0.647. The normalized spacial score (nSPS) is 38.2. The van der Waals surface area contributed by atoms with Gasteiger partial charge in [-0.15, -0.1) is 0 Å². The summed E-state index contributed by atoms with van der Waals surface area (Å²) in [6.45, 7) is 1.29. The number of benzene rings is 1. The Bertz CT molecular complexity index is 470. The molecule has 4 rings (SSSR count). The predicted molar refractivity (Wildman–Crippen MR) is 77.8 cm³/mol. The van der Waals surface area contributed by atoms with E-state index in [9.17, 15) is 0 Å². The monoisotopic (exact) mass is 256 g/mol. The molecule has 2 fully saturated rings. The van der Waals surface area contributed by atoms with Gasteiger partial charge in [0.25, 0.3) is 0 Å². The fourth-order valence-corrected chi connectivity index (χ4v) is 4.79. The van der Waals surface area contributed by atoms with Gasteiger partial charge in [-0.25, -0.2) is 0 Å². The Labute approximate surface area is 116 Å². The van der Waals surface area contributed by atoms with Crippen molar-refractivity contribution in [2.75, 3.05) is 6.54 Å². The summed E-state index contributed by atoms with van der Waals surface area (Å²) in [4.78, 5) is 2.80. The summed E-state index contributed by atoms with van der Waals surface area (Å²) in [7, 11) is 0. The van der Waals surface area contributed by atoms with Gasteiger partial charge in [-0.05, 0) is 49.3 Å². The first kappa shape index (κ1) is 11.9. The van der Waals surface area contributed by atoms with Crippen molar-refractivity contribution < 1.29 is 0 Å².